The second-order valence-corrected chi connectivity index (χ2v) is 5.79. The van der Waals surface area contributed by atoms with Crippen molar-refractivity contribution < 1.29 is 0 Å². The highest BCUT2D eigenvalue weighted by Gasteiger charge is 2.42. The lowest BCUT2D eigenvalue weighted by Crippen LogP contribution is -2.35. The lowest BCUT2D eigenvalue weighted by Gasteiger charge is -2.41. The third-order valence-corrected chi connectivity index (χ3v) is 5.28. The van der Waals surface area contributed by atoms with Crippen molar-refractivity contribution in [3.8, 4) is 0 Å². The van der Waals surface area contributed by atoms with Crippen molar-refractivity contribution in [1.82, 2.24) is 0 Å². The van der Waals surface area contributed by atoms with Gasteiger partial charge in [0.05, 0.1) is 0 Å². The average molecular weight is 199 g/mol. The van der Waals surface area contributed by atoms with Gasteiger partial charge in [-0.2, -0.15) is 11.8 Å². The Kier molecular flexibility index (Phi) is 3.20. The van der Waals surface area contributed by atoms with Crippen LogP contribution in [0.4, 0.5) is 0 Å². The molecular formula is C11H21NS. The number of nitrogens with two attached hydrogens (primary N) is 1. The van der Waals surface area contributed by atoms with Crippen LogP contribution in [0.2, 0.25) is 0 Å². The molecule has 1 aliphatic carbocycles. The second-order valence-electron chi connectivity index (χ2n) is 4.69. The Morgan fingerprint density at radius 2 is 2.08 bits per heavy atom. The van der Waals surface area contributed by atoms with E-state index in [4.69, 9.17) is 5.73 Å². The van der Waals surface area contributed by atoms with E-state index in [2.05, 4.69) is 11.8 Å². The number of rotatable bonds is 2. The predicted molar refractivity (Wildman–Crippen MR) is 60.0 cm³/mol. The summed E-state index contributed by atoms with van der Waals surface area (Å²) in [7, 11) is 0. The first-order valence-electron chi connectivity index (χ1n) is 5.65. The van der Waals surface area contributed by atoms with E-state index in [1.54, 1.807) is 0 Å². The summed E-state index contributed by atoms with van der Waals surface area (Å²) in [5, 5.41) is 0. The van der Waals surface area contributed by atoms with Crippen LogP contribution in [0.3, 0.4) is 0 Å². The Labute approximate surface area is 85.8 Å². The third-order valence-electron chi connectivity index (χ3n) is 3.98. The highest BCUT2D eigenvalue weighted by atomic mass is 32.2. The van der Waals surface area contributed by atoms with Crippen LogP contribution in [0.15, 0.2) is 0 Å². The summed E-state index contributed by atoms with van der Waals surface area (Å²) in [6, 6.07) is 0. The van der Waals surface area contributed by atoms with Crippen LogP contribution in [0.5, 0.6) is 0 Å². The zero-order valence-corrected chi connectivity index (χ0v) is 9.24. The van der Waals surface area contributed by atoms with Gasteiger partial charge in [-0.1, -0.05) is 12.8 Å². The van der Waals surface area contributed by atoms with Gasteiger partial charge in [-0.3, -0.25) is 0 Å². The summed E-state index contributed by atoms with van der Waals surface area (Å²) < 4.78 is 0. The molecule has 2 aliphatic rings. The summed E-state index contributed by atoms with van der Waals surface area (Å²) in [5.74, 6) is 3.77. The van der Waals surface area contributed by atoms with Crippen LogP contribution in [-0.2, 0) is 0 Å². The largest absolute Gasteiger partial charge is 0.330 e. The summed E-state index contributed by atoms with van der Waals surface area (Å²) in [5.41, 5.74) is 6.43. The minimum Gasteiger partial charge on any atom is -0.330 e. The molecule has 1 nitrogen and oxygen atoms in total. The normalized spacial score (nSPS) is 32.5. The maximum absolute atomic E-state index is 5.70. The highest BCUT2D eigenvalue weighted by molar-refractivity contribution is 7.99. The van der Waals surface area contributed by atoms with Gasteiger partial charge in [0.1, 0.15) is 0 Å². The first-order chi connectivity index (χ1) is 6.37. The molecule has 0 amide bonds. The van der Waals surface area contributed by atoms with E-state index in [-0.39, 0.29) is 0 Å². The van der Waals surface area contributed by atoms with E-state index in [1.165, 1.54) is 50.0 Å². The topological polar surface area (TPSA) is 26.0 Å². The fraction of sp³-hybridized carbons (Fsp3) is 1.00. The maximum Gasteiger partial charge on any atom is -0.000814 e. The van der Waals surface area contributed by atoms with Crippen molar-refractivity contribution in [2.45, 2.75) is 38.5 Å². The third kappa shape index (κ3) is 1.89. The zero-order valence-electron chi connectivity index (χ0n) is 8.43. The molecular weight excluding hydrogens is 178 g/mol. The second kappa shape index (κ2) is 4.22. The molecule has 2 N–H and O–H groups in total. The van der Waals surface area contributed by atoms with E-state index in [1.807, 2.05) is 0 Å². The van der Waals surface area contributed by atoms with E-state index in [0.717, 1.165) is 17.9 Å². The molecule has 0 bridgehead atoms. The SMILES string of the molecule is NCCC1CCSCC12CCCC2. The molecule has 1 atom stereocenters. The average Bonchev–Trinajstić information content (AvgIpc) is 2.59. The molecule has 1 heterocycles. The molecule has 13 heavy (non-hydrogen) atoms. The summed E-state index contributed by atoms with van der Waals surface area (Å²) in [4.78, 5) is 0. The Morgan fingerprint density at radius 3 is 2.77 bits per heavy atom. The van der Waals surface area contributed by atoms with Gasteiger partial charge >= 0.3 is 0 Å². The molecule has 0 aromatic rings. The van der Waals surface area contributed by atoms with Gasteiger partial charge < -0.3 is 5.73 Å². The van der Waals surface area contributed by atoms with Crippen molar-refractivity contribution in [1.29, 1.82) is 0 Å². The molecule has 1 saturated heterocycles. The summed E-state index contributed by atoms with van der Waals surface area (Å²) in [6.45, 7) is 0.900. The fourth-order valence-corrected chi connectivity index (χ4v) is 4.73. The Balaban J connectivity index is 2.03. The fourth-order valence-electron chi connectivity index (χ4n) is 3.21. The lowest BCUT2D eigenvalue weighted by atomic mass is 9.72. The van der Waals surface area contributed by atoms with Gasteiger partial charge in [-0.15, -0.1) is 0 Å². The Bertz CT molecular complexity index is 161. The molecule has 1 aliphatic heterocycles. The Hall–Kier alpha value is 0.310. The number of hydrogen-bond acceptors (Lipinski definition) is 2. The van der Waals surface area contributed by atoms with Gasteiger partial charge in [-0.25, -0.2) is 0 Å². The van der Waals surface area contributed by atoms with Crippen LogP contribution >= 0.6 is 11.8 Å². The maximum atomic E-state index is 5.70. The van der Waals surface area contributed by atoms with Crippen molar-refractivity contribution in [3.63, 3.8) is 0 Å². The molecule has 1 spiro atoms. The van der Waals surface area contributed by atoms with Crippen molar-refractivity contribution >= 4 is 11.8 Å². The van der Waals surface area contributed by atoms with Crippen LogP contribution in [0.1, 0.15) is 38.5 Å². The van der Waals surface area contributed by atoms with E-state index in [9.17, 15) is 0 Å². The van der Waals surface area contributed by atoms with Crippen molar-refractivity contribution in [3.05, 3.63) is 0 Å². The molecule has 2 rings (SSSR count). The van der Waals surface area contributed by atoms with Crippen LogP contribution in [-0.4, -0.2) is 18.1 Å². The molecule has 0 aromatic carbocycles. The number of thioether (sulfide) groups is 1. The molecule has 1 unspecified atom stereocenters. The standard InChI is InChI=1S/C11H21NS/c12-7-3-10-4-8-13-9-11(10)5-1-2-6-11/h10H,1-9,12H2. The molecule has 1 saturated carbocycles. The van der Waals surface area contributed by atoms with Crippen LogP contribution in [0.25, 0.3) is 0 Å². The highest BCUT2D eigenvalue weighted by Crippen LogP contribution is 2.51. The van der Waals surface area contributed by atoms with Gasteiger partial charge in [-0.05, 0) is 55.1 Å². The van der Waals surface area contributed by atoms with E-state index < -0.39 is 0 Å². The quantitative estimate of drug-likeness (QED) is 0.740. The molecule has 0 radical (unpaired) electrons. The minimum atomic E-state index is 0.724. The van der Waals surface area contributed by atoms with Gasteiger partial charge in [0.15, 0.2) is 0 Å². The lowest BCUT2D eigenvalue weighted by molar-refractivity contribution is 0.178. The Morgan fingerprint density at radius 1 is 1.31 bits per heavy atom. The van der Waals surface area contributed by atoms with Gasteiger partial charge in [0, 0.05) is 0 Å². The van der Waals surface area contributed by atoms with Gasteiger partial charge in [0.25, 0.3) is 0 Å². The van der Waals surface area contributed by atoms with E-state index >= 15 is 0 Å². The number of hydrogen-bond donors (Lipinski definition) is 1. The first kappa shape index (κ1) is 9.85. The predicted octanol–water partition coefficient (Wildman–Crippen LogP) is 2.65. The summed E-state index contributed by atoms with van der Waals surface area (Å²) in [6.07, 6.45) is 8.64. The van der Waals surface area contributed by atoms with Crippen molar-refractivity contribution in [2.24, 2.45) is 17.1 Å². The van der Waals surface area contributed by atoms with Crippen LogP contribution < -0.4 is 5.73 Å². The molecule has 2 fully saturated rings. The van der Waals surface area contributed by atoms with Gasteiger partial charge in [0.2, 0.25) is 0 Å². The molecule has 0 aromatic heterocycles. The smallest absolute Gasteiger partial charge is 0.000814 e. The summed E-state index contributed by atoms with van der Waals surface area (Å²) >= 11 is 2.18. The molecule has 76 valence electrons. The van der Waals surface area contributed by atoms with Crippen LogP contribution in [0, 0.1) is 11.3 Å². The van der Waals surface area contributed by atoms with E-state index in [0.29, 0.717) is 0 Å². The van der Waals surface area contributed by atoms with Crippen molar-refractivity contribution in [2.75, 3.05) is 18.1 Å². The zero-order chi connectivity index (χ0) is 9.15. The monoisotopic (exact) mass is 199 g/mol. The first-order valence-corrected chi connectivity index (χ1v) is 6.81. The molecule has 2 heteroatoms. The minimum absolute atomic E-state index is 0.724.